The highest BCUT2D eigenvalue weighted by atomic mass is 32.2. The first-order chi connectivity index (χ1) is 31.7. The Morgan fingerprint density at radius 3 is 1.07 bits per heavy atom. The lowest BCUT2D eigenvalue weighted by Crippen LogP contribution is -2.01. The molecule has 0 aliphatic rings. The minimum Gasteiger partial charge on any atom is -0.506 e. The fourth-order valence-electron chi connectivity index (χ4n) is 7.06. The Bertz CT molecular complexity index is 4210. The van der Waals surface area contributed by atoms with Crippen molar-refractivity contribution < 1.29 is 75.1 Å². The molecular weight excluding hydrogens is 997 g/mol. The highest BCUT2D eigenvalue weighted by Crippen LogP contribution is 2.46. The van der Waals surface area contributed by atoms with Crippen molar-refractivity contribution in [1.29, 1.82) is 0 Å². The predicted octanol–water partition coefficient (Wildman–Crippen LogP) is 9.19. The maximum absolute atomic E-state index is 12.3. The van der Waals surface area contributed by atoms with Gasteiger partial charge in [-0.2, -0.15) is 42.1 Å². The minimum absolute atomic E-state index is 0.0169. The van der Waals surface area contributed by atoms with Crippen molar-refractivity contribution in [2.24, 2.45) is 30.7 Å². The number of rotatable bonds is 11. The Labute approximate surface area is 382 Å². The molecule has 0 heterocycles. The SMILES string of the molecule is O=S(=O)(O)c1ccc2c(N=Nc3ccc(S(=O)(=O)O)c4ccccc34)ccc(N=Nc3ccc(N=Nc4cc(S(=O)(=O)O)c(O)c5ccc(S(=O)(=O)O)c(O)c45)c4cc(S(=O)(=O)O)ccc34)c2c1. The first kappa shape index (κ1) is 47.3. The van der Waals surface area contributed by atoms with Crippen LogP contribution in [-0.4, -0.2) is 75.1 Å². The number of azo groups is 3. The molecule has 0 radical (unpaired) electrons. The van der Waals surface area contributed by atoms with Crippen LogP contribution >= 0.6 is 0 Å². The van der Waals surface area contributed by atoms with Crippen LogP contribution in [-0.2, 0) is 50.6 Å². The second-order valence-electron chi connectivity index (χ2n) is 14.3. The zero-order valence-electron chi connectivity index (χ0n) is 33.4. The van der Waals surface area contributed by atoms with Gasteiger partial charge >= 0.3 is 0 Å². The number of nitrogens with zero attached hydrogens (tertiary/aromatic N) is 6. The largest absolute Gasteiger partial charge is 0.506 e. The summed E-state index contributed by atoms with van der Waals surface area (Å²) in [4.78, 5) is -3.81. The molecule has 0 aromatic heterocycles. The summed E-state index contributed by atoms with van der Waals surface area (Å²) in [6.07, 6.45) is 0. The zero-order chi connectivity index (χ0) is 49.3. The van der Waals surface area contributed by atoms with E-state index in [1.54, 1.807) is 18.2 Å². The lowest BCUT2D eigenvalue weighted by molar-refractivity contribution is 0.441. The Balaban J connectivity index is 1.26. The zero-order valence-corrected chi connectivity index (χ0v) is 37.5. The summed E-state index contributed by atoms with van der Waals surface area (Å²) < 4.78 is 170. The van der Waals surface area contributed by atoms with E-state index in [0.29, 0.717) is 17.5 Å². The molecule has 0 saturated carbocycles. The molecule has 0 fully saturated rings. The van der Waals surface area contributed by atoms with E-state index in [-0.39, 0.29) is 60.3 Å². The van der Waals surface area contributed by atoms with Crippen LogP contribution in [0.25, 0.3) is 43.1 Å². The fraction of sp³-hybridized carbons (Fsp3) is 0. The number of benzene rings is 8. The molecule has 0 unspecified atom stereocenters. The van der Waals surface area contributed by atoms with E-state index in [1.165, 1.54) is 48.5 Å². The molecule has 348 valence electrons. The van der Waals surface area contributed by atoms with Gasteiger partial charge in [0.15, 0.2) is 0 Å². The summed E-state index contributed by atoms with van der Waals surface area (Å²) in [5.41, 5.74) is -0.661. The molecule has 68 heavy (non-hydrogen) atoms. The van der Waals surface area contributed by atoms with E-state index in [2.05, 4.69) is 30.7 Å². The maximum atomic E-state index is 12.3. The molecule has 0 atom stereocenters. The summed E-state index contributed by atoms with van der Waals surface area (Å²) in [5.74, 6) is -2.35. The van der Waals surface area contributed by atoms with Crippen LogP contribution in [0.3, 0.4) is 0 Å². The van der Waals surface area contributed by atoms with E-state index >= 15 is 0 Å². The van der Waals surface area contributed by atoms with E-state index in [4.69, 9.17) is 0 Å². The van der Waals surface area contributed by atoms with Crippen molar-refractivity contribution in [3.8, 4) is 11.5 Å². The molecule has 7 N–H and O–H groups in total. The topological polar surface area (TPSA) is 386 Å². The van der Waals surface area contributed by atoms with Gasteiger partial charge < -0.3 is 10.2 Å². The predicted molar refractivity (Wildman–Crippen MR) is 241 cm³/mol. The molecular formula is C40H26N6O17S5. The Morgan fingerprint density at radius 2 is 0.647 bits per heavy atom. The minimum atomic E-state index is -5.22. The number of phenolic OH excluding ortho intramolecular Hbond substituents is 2. The standard InChI is InChI=1S/C40H26N6O17S5/c47-39-26-9-15-36(67(58,59)60)40(48)38(26)34(19-37(39)68(61,62)63)46-45-33-13-11-30(24-8-6-21(18-28(24)33)65(52,53)54)42-44-32-12-10-29(23-7-5-20(17-27(23)32)64(49,50)51)41-43-31-14-16-35(66(55,56)57)25-4-2-1-3-22(25)31/h1-19,47-48H,(H,49,50,51)(H,52,53,54)(H,55,56,57)(H,58,59,60)(H,61,62,63). The molecule has 23 nitrogen and oxygen atoms in total. The van der Waals surface area contributed by atoms with Gasteiger partial charge in [0.1, 0.15) is 26.2 Å². The van der Waals surface area contributed by atoms with Crippen LogP contribution in [0, 0.1) is 0 Å². The third-order valence-corrected chi connectivity index (χ3v) is 14.5. The number of hydrogen-bond donors (Lipinski definition) is 7. The Hall–Kier alpha value is -7.25. The van der Waals surface area contributed by atoms with Crippen molar-refractivity contribution in [3.05, 3.63) is 115 Å². The van der Waals surface area contributed by atoms with E-state index in [9.17, 15) is 75.1 Å². The van der Waals surface area contributed by atoms with Crippen molar-refractivity contribution in [2.45, 2.75) is 24.5 Å². The molecule has 0 spiro atoms. The third kappa shape index (κ3) is 9.10. The van der Waals surface area contributed by atoms with Gasteiger partial charge in [-0.25, -0.2) is 0 Å². The van der Waals surface area contributed by atoms with Crippen LogP contribution in [0.5, 0.6) is 11.5 Å². The summed E-state index contributed by atoms with van der Waals surface area (Å²) in [7, 11) is -24.6. The van der Waals surface area contributed by atoms with E-state index in [1.807, 2.05) is 0 Å². The highest BCUT2D eigenvalue weighted by Gasteiger charge is 2.27. The summed E-state index contributed by atoms with van der Waals surface area (Å²) in [6.45, 7) is 0. The van der Waals surface area contributed by atoms with Crippen LogP contribution in [0.4, 0.5) is 34.1 Å². The molecule has 8 aromatic rings. The second-order valence-corrected chi connectivity index (χ2v) is 21.3. The van der Waals surface area contributed by atoms with Crippen LogP contribution in [0.15, 0.2) is 170 Å². The van der Waals surface area contributed by atoms with Gasteiger partial charge in [-0.3, -0.25) is 22.8 Å². The van der Waals surface area contributed by atoms with Crippen molar-refractivity contribution in [3.63, 3.8) is 0 Å². The molecule has 0 aliphatic carbocycles. The molecule has 28 heteroatoms. The Morgan fingerprint density at radius 1 is 0.294 bits per heavy atom. The van der Waals surface area contributed by atoms with E-state index < -0.39 is 98.1 Å². The average Bonchev–Trinajstić information content (AvgIpc) is 3.25. The van der Waals surface area contributed by atoms with Crippen molar-refractivity contribution in [1.82, 2.24) is 0 Å². The van der Waals surface area contributed by atoms with Gasteiger partial charge in [0.05, 0.1) is 49.3 Å². The molecule has 8 rings (SSSR count). The van der Waals surface area contributed by atoms with Gasteiger partial charge in [-0.1, -0.05) is 36.4 Å². The van der Waals surface area contributed by atoms with Crippen molar-refractivity contribution >= 4 is 128 Å². The van der Waals surface area contributed by atoms with Crippen LogP contribution in [0.2, 0.25) is 0 Å². The van der Waals surface area contributed by atoms with Gasteiger partial charge in [0, 0.05) is 37.7 Å². The number of fused-ring (bicyclic) bond motifs is 4. The molecule has 8 aromatic carbocycles. The highest BCUT2D eigenvalue weighted by molar-refractivity contribution is 7.87. The van der Waals surface area contributed by atoms with Gasteiger partial charge in [0.25, 0.3) is 50.6 Å². The van der Waals surface area contributed by atoms with E-state index in [0.717, 1.165) is 36.4 Å². The average molecular weight is 1020 g/mol. The molecule has 0 bridgehead atoms. The summed E-state index contributed by atoms with van der Waals surface area (Å²) >= 11 is 0. The first-order valence-electron chi connectivity index (χ1n) is 18.5. The maximum Gasteiger partial charge on any atom is 0.298 e. The second kappa shape index (κ2) is 16.8. The first-order valence-corrected chi connectivity index (χ1v) is 25.7. The smallest absolute Gasteiger partial charge is 0.298 e. The quantitative estimate of drug-likeness (QED) is 0.0468. The summed E-state index contributed by atoms with van der Waals surface area (Å²) in [6, 6.07) is 22.4. The monoisotopic (exact) mass is 1020 g/mol. The molecule has 0 saturated heterocycles. The normalized spacial score (nSPS) is 13.3. The molecule has 0 amide bonds. The lowest BCUT2D eigenvalue weighted by atomic mass is 10.1. The van der Waals surface area contributed by atoms with Crippen molar-refractivity contribution in [2.75, 3.05) is 0 Å². The van der Waals surface area contributed by atoms with Gasteiger partial charge in [-0.05, 0) is 78.9 Å². The molecule has 0 aliphatic heterocycles. The number of aromatic hydroxyl groups is 2. The number of hydrogen-bond acceptors (Lipinski definition) is 18. The fourth-order valence-corrected chi connectivity index (χ4v) is 9.97. The summed E-state index contributed by atoms with van der Waals surface area (Å²) in [5, 5.41) is 46.1. The van der Waals surface area contributed by atoms with Crippen LogP contribution < -0.4 is 0 Å². The van der Waals surface area contributed by atoms with Gasteiger partial charge in [0.2, 0.25) is 0 Å². The third-order valence-electron chi connectivity index (χ3n) is 10.1. The van der Waals surface area contributed by atoms with Gasteiger partial charge in [-0.15, -0.1) is 30.7 Å². The number of phenols is 2. The Kier molecular flexibility index (Phi) is 11.7. The lowest BCUT2D eigenvalue weighted by Gasteiger charge is -2.12. The van der Waals surface area contributed by atoms with Crippen LogP contribution in [0.1, 0.15) is 0 Å².